The van der Waals surface area contributed by atoms with E-state index < -0.39 is 0 Å². The van der Waals surface area contributed by atoms with E-state index in [4.69, 9.17) is 4.74 Å². The quantitative estimate of drug-likeness (QED) is 0.810. The van der Waals surface area contributed by atoms with E-state index in [0.717, 1.165) is 25.8 Å². The summed E-state index contributed by atoms with van der Waals surface area (Å²) in [5.41, 5.74) is 0. The van der Waals surface area contributed by atoms with Gasteiger partial charge in [-0.1, -0.05) is 19.3 Å². The standard InChI is InChI=1S/C14H27N3O2/c1-15-8-7-13-11-19-10-9-17(13)14(18)16-12-5-3-2-4-6-12/h12-13,15H,2-11H2,1H3,(H,16,18). The molecule has 110 valence electrons. The molecule has 0 aromatic carbocycles. The van der Waals surface area contributed by atoms with Gasteiger partial charge in [-0.3, -0.25) is 0 Å². The zero-order valence-corrected chi connectivity index (χ0v) is 12.0. The first-order valence-corrected chi connectivity index (χ1v) is 7.60. The molecule has 5 heteroatoms. The molecule has 0 aromatic heterocycles. The summed E-state index contributed by atoms with van der Waals surface area (Å²) in [5.74, 6) is 0. The average Bonchev–Trinajstić information content (AvgIpc) is 2.46. The second-order valence-corrected chi connectivity index (χ2v) is 5.60. The van der Waals surface area contributed by atoms with Crippen molar-refractivity contribution < 1.29 is 9.53 Å². The Labute approximate surface area is 116 Å². The molecule has 2 aliphatic rings. The molecule has 1 aliphatic carbocycles. The predicted octanol–water partition coefficient (Wildman–Crippen LogP) is 1.34. The molecule has 1 heterocycles. The van der Waals surface area contributed by atoms with Gasteiger partial charge in [-0.05, 0) is 32.9 Å². The van der Waals surface area contributed by atoms with Crippen molar-refractivity contribution in [1.82, 2.24) is 15.5 Å². The van der Waals surface area contributed by atoms with Crippen molar-refractivity contribution in [3.05, 3.63) is 0 Å². The second kappa shape index (κ2) is 7.70. The maximum absolute atomic E-state index is 12.4. The largest absolute Gasteiger partial charge is 0.377 e. The van der Waals surface area contributed by atoms with Crippen LogP contribution in [0.25, 0.3) is 0 Å². The van der Waals surface area contributed by atoms with E-state index in [1.165, 1.54) is 19.3 Å². The summed E-state index contributed by atoms with van der Waals surface area (Å²) in [4.78, 5) is 14.3. The first kappa shape index (κ1) is 14.6. The van der Waals surface area contributed by atoms with Gasteiger partial charge in [0.1, 0.15) is 0 Å². The molecule has 0 radical (unpaired) electrons. The summed E-state index contributed by atoms with van der Waals surface area (Å²) in [5, 5.41) is 6.35. The first-order valence-electron chi connectivity index (χ1n) is 7.60. The van der Waals surface area contributed by atoms with E-state index in [1.54, 1.807) is 0 Å². The molecule has 1 atom stereocenters. The van der Waals surface area contributed by atoms with E-state index in [9.17, 15) is 4.79 Å². The highest BCUT2D eigenvalue weighted by atomic mass is 16.5. The van der Waals surface area contributed by atoms with Gasteiger partial charge in [-0.15, -0.1) is 0 Å². The van der Waals surface area contributed by atoms with Gasteiger partial charge in [0.2, 0.25) is 0 Å². The maximum Gasteiger partial charge on any atom is 0.318 e. The Morgan fingerprint density at radius 1 is 1.32 bits per heavy atom. The molecule has 2 fully saturated rings. The number of rotatable bonds is 4. The second-order valence-electron chi connectivity index (χ2n) is 5.60. The Balaban J connectivity index is 1.83. The number of amides is 2. The fourth-order valence-electron chi connectivity index (χ4n) is 2.98. The Morgan fingerprint density at radius 3 is 2.84 bits per heavy atom. The van der Waals surface area contributed by atoms with Crippen LogP contribution in [0.5, 0.6) is 0 Å². The minimum Gasteiger partial charge on any atom is -0.377 e. The number of urea groups is 1. The lowest BCUT2D eigenvalue weighted by Crippen LogP contribution is -2.55. The summed E-state index contributed by atoms with van der Waals surface area (Å²) in [7, 11) is 1.94. The minimum absolute atomic E-state index is 0.108. The van der Waals surface area contributed by atoms with E-state index in [1.807, 2.05) is 11.9 Å². The van der Waals surface area contributed by atoms with E-state index in [-0.39, 0.29) is 12.1 Å². The summed E-state index contributed by atoms with van der Waals surface area (Å²) in [6.07, 6.45) is 7.03. The molecule has 2 amide bonds. The Hall–Kier alpha value is -0.810. The van der Waals surface area contributed by atoms with Crippen LogP contribution in [0.3, 0.4) is 0 Å². The van der Waals surface area contributed by atoms with Crippen molar-refractivity contribution >= 4 is 6.03 Å². The van der Waals surface area contributed by atoms with Crippen molar-refractivity contribution in [2.24, 2.45) is 0 Å². The van der Waals surface area contributed by atoms with E-state index in [2.05, 4.69) is 10.6 Å². The van der Waals surface area contributed by atoms with Gasteiger partial charge in [0.25, 0.3) is 0 Å². The Morgan fingerprint density at radius 2 is 2.11 bits per heavy atom. The SMILES string of the molecule is CNCCC1COCCN1C(=O)NC1CCCCC1. The Bertz CT molecular complexity index is 280. The van der Waals surface area contributed by atoms with Crippen LogP contribution in [0.15, 0.2) is 0 Å². The van der Waals surface area contributed by atoms with Crippen LogP contribution >= 0.6 is 0 Å². The van der Waals surface area contributed by atoms with Crippen LogP contribution in [0.1, 0.15) is 38.5 Å². The molecule has 2 rings (SSSR count). The topological polar surface area (TPSA) is 53.6 Å². The van der Waals surface area contributed by atoms with Gasteiger partial charge in [0.15, 0.2) is 0 Å². The average molecular weight is 269 g/mol. The highest BCUT2D eigenvalue weighted by molar-refractivity contribution is 5.75. The lowest BCUT2D eigenvalue weighted by atomic mass is 9.96. The van der Waals surface area contributed by atoms with Crippen LogP contribution in [-0.2, 0) is 4.74 Å². The molecular weight excluding hydrogens is 242 g/mol. The number of morpholine rings is 1. The van der Waals surface area contributed by atoms with Crippen LogP contribution < -0.4 is 10.6 Å². The molecule has 1 unspecified atom stereocenters. The molecule has 0 bridgehead atoms. The number of carbonyl (C=O) groups excluding carboxylic acids is 1. The van der Waals surface area contributed by atoms with Crippen LogP contribution in [0, 0.1) is 0 Å². The minimum atomic E-state index is 0.108. The molecule has 5 nitrogen and oxygen atoms in total. The van der Waals surface area contributed by atoms with E-state index >= 15 is 0 Å². The third kappa shape index (κ3) is 4.35. The Kier molecular flexibility index (Phi) is 5.92. The summed E-state index contributed by atoms with van der Waals surface area (Å²) in [6.45, 7) is 2.96. The van der Waals surface area contributed by atoms with Gasteiger partial charge in [0, 0.05) is 12.6 Å². The van der Waals surface area contributed by atoms with Crippen LogP contribution in [-0.4, -0.2) is 56.4 Å². The van der Waals surface area contributed by atoms with Gasteiger partial charge < -0.3 is 20.3 Å². The number of hydrogen-bond acceptors (Lipinski definition) is 3. The predicted molar refractivity (Wildman–Crippen MR) is 75.3 cm³/mol. The zero-order chi connectivity index (χ0) is 13.5. The lowest BCUT2D eigenvalue weighted by molar-refractivity contribution is 0.00909. The van der Waals surface area contributed by atoms with Gasteiger partial charge in [0.05, 0.1) is 19.3 Å². The van der Waals surface area contributed by atoms with Gasteiger partial charge in [-0.25, -0.2) is 4.79 Å². The summed E-state index contributed by atoms with van der Waals surface area (Å²) < 4.78 is 5.50. The maximum atomic E-state index is 12.4. The van der Waals surface area contributed by atoms with Crippen molar-refractivity contribution in [3.8, 4) is 0 Å². The van der Waals surface area contributed by atoms with Crippen LogP contribution in [0.2, 0.25) is 0 Å². The molecule has 1 aliphatic heterocycles. The van der Waals surface area contributed by atoms with Gasteiger partial charge in [-0.2, -0.15) is 0 Å². The monoisotopic (exact) mass is 269 g/mol. The highest BCUT2D eigenvalue weighted by Gasteiger charge is 2.28. The molecular formula is C14H27N3O2. The number of carbonyl (C=O) groups is 1. The van der Waals surface area contributed by atoms with Crippen molar-refractivity contribution in [2.75, 3.05) is 33.4 Å². The number of hydrogen-bond donors (Lipinski definition) is 2. The third-order valence-corrected chi connectivity index (χ3v) is 4.15. The van der Waals surface area contributed by atoms with Crippen molar-refractivity contribution in [3.63, 3.8) is 0 Å². The summed E-state index contributed by atoms with van der Waals surface area (Å²) >= 11 is 0. The first-order chi connectivity index (χ1) is 9.31. The summed E-state index contributed by atoms with van der Waals surface area (Å²) in [6, 6.07) is 0.704. The fraction of sp³-hybridized carbons (Fsp3) is 0.929. The smallest absolute Gasteiger partial charge is 0.318 e. The molecule has 19 heavy (non-hydrogen) atoms. The zero-order valence-electron chi connectivity index (χ0n) is 12.0. The van der Waals surface area contributed by atoms with E-state index in [0.29, 0.717) is 25.8 Å². The molecule has 2 N–H and O–H groups in total. The normalized spacial score (nSPS) is 25.3. The highest BCUT2D eigenvalue weighted by Crippen LogP contribution is 2.18. The molecule has 0 aromatic rings. The van der Waals surface area contributed by atoms with Gasteiger partial charge >= 0.3 is 6.03 Å². The number of nitrogens with one attached hydrogen (secondary N) is 2. The van der Waals surface area contributed by atoms with Crippen LogP contribution in [0.4, 0.5) is 4.79 Å². The third-order valence-electron chi connectivity index (χ3n) is 4.15. The molecule has 0 spiro atoms. The fourth-order valence-corrected chi connectivity index (χ4v) is 2.98. The molecule has 1 saturated heterocycles. The number of ether oxygens (including phenoxy) is 1. The van der Waals surface area contributed by atoms with Crippen molar-refractivity contribution in [1.29, 1.82) is 0 Å². The number of nitrogens with zero attached hydrogens (tertiary/aromatic N) is 1. The molecule has 1 saturated carbocycles. The lowest BCUT2D eigenvalue weighted by Gasteiger charge is -2.37. The van der Waals surface area contributed by atoms with Crippen molar-refractivity contribution in [2.45, 2.75) is 50.6 Å².